The van der Waals surface area contributed by atoms with Gasteiger partial charge in [0.25, 0.3) is 0 Å². The van der Waals surface area contributed by atoms with E-state index in [9.17, 15) is 13.2 Å². The summed E-state index contributed by atoms with van der Waals surface area (Å²) in [6, 6.07) is 8.13. The molecule has 0 unspecified atom stereocenters. The lowest BCUT2D eigenvalue weighted by Crippen LogP contribution is -2.52. The summed E-state index contributed by atoms with van der Waals surface area (Å²) in [5.74, 6) is 0.0260. The van der Waals surface area contributed by atoms with Crippen LogP contribution in [0.25, 0.3) is 0 Å². The maximum absolute atomic E-state index is 12.8. The van der Waals surface area contributed by atoms with Gasteiger partial charge < -0.3 is 4.90 Å². The Hall–Kier alpha value is -1.95. The highest BCUT2D eigenvalue weighted by Gasteiger charge is 2.31. The quantitative estimate of drug-likeness (QED) is 0.710. The Morgan fingerprint density at radius 3 is 2.50 bits per heavy atom. The molecule has 26 heavy (non-hydrogen) atoms. The largest absolute Gasteiger partial charge is 0.339 e. The van der Waals surface area contributed by atoms with Crippen molar-refractivity contribution < 1.29 is 13.2 Å². The topological polar surface area (TPSA) is 84.7 Å². The van der Waals surface area contributed by atoms with Gasteiger partial charge in [-0.3, -0.25) is 9.69 Å². The molecule has 0 aromatic heterocycles. The molecule has 7 nitrogen and oxygen atoms in total. The van der Waals surface area contributed by atoms with E-state index in [2.05, 4.69) is 6.92 Å². The fraction of sp³-hybridized carbons (Fsp3) is 0.556. The van der Waals surface area contributed by atoms with Crippen LogP contribution in [-0.2, 0) is 14.8 Å². The molecule has 0 bridgehead atoms. The average molecular weight is 378 g/mol. The van der Waals surface area contributed by atoms with Crippen molar-refractivity contribution in [3.8, 4) is 6.07 Å². The highest BCUT2D eigenvalue weighted by molar-refractivity contribution is 7.89. The van der Waals surface area contributed by atoms with Crippen molar-refractivity contribution in [2.24, 2.45) is 0 Å². The SMILES string of the molecule is CCCCN(C)CC(=O)N1CCN(S(=O)(=O)c2ccccc2C#N)CC1. The molecule has 0 radical (unpaired) electrons. The summed E-state index contributed by atoms with van der Waals surface area (Å²) in [5, 5.41) is 9.15. The van der Waals surface area contributed by atoms with Crippen LogP contribution in [0, 0.1) is 11.3 Å². The first-order valence-electron chi connectivity index (χ1n) is 8.85. The fourth-order valence-corrected chi connectivity index (χ4v) is 4.50. The zero-order valence-corrected chi connectivity index (χ0v) is 16.2. The maximum Gasteiger partial charge on any atom is 0.244 e. The van der Waals surface area contributed by atoms with Crippen molar-refractivity contribution in [3.05, 3.63) is 29.8 Å². The van der Waals surface area contributed by atoms with E-state index >= 15 is 0 Å². The summed E-state index contributed by atoms with van der Waals surface area (Å²) in [7, 11) is -1.80. The van der Waals surface area contributed by atoms with E-state index in [1.165, 1.54) is 16.4 Å². The Bertz CT molecular complexity index is 765. The Morgan fingerprint density at radius 1 is 1.23 bits per heavy atom. The second-order valence-corrected chi connectivity index (χ2v) is 8.39. The van der Waals surface area contributed by atoms with Crippen molar-refractivity contribution in [3.63, 3.8) is 0 Å². The number of carbonyl (C=O) groups excluding carboxylic acids is 1. The number of nitrogens with zero attached hydrogens (tertiary/aromatic N) is 4. The third-order valence-electron chi connectivity index (χ3n) is 4.52. The van der Waals surface area contributed by atoms with Gasteiger partial charge >= 0.3 is 0 Å². The van der Waals surface area contributed by atoms with Crippen molar-refractivity contribution in [1.82, 2.24) is 14.1 Å². The second-order valence-electron chi connectivity index (χ2n) is 6.48. The lowest BCUT2D eigenvalue weighted by atomic mass is 10.2. The summed E-state index contributed by atoms with van der Waals surface area (Å²) in [4.78, 5) is 16.1. The molecule has 1 fully saturated rings. The van der Waals surface area contributed by atoms with Crippen LogP contribution in [0.4, 0.5) is 0 Å². The minimum atomic E-state index is -3.73. The first-order chi connectivity index (χ1) is 12.4. The number of likely N-dealkylation sites (N-methyl/N-ethyl adjacent to an activating group) is 1. The van der Waals surface area contributed by atoms with Crippen LogP contribution < -0.4 is 0 Å². The van der Waals surface area contributed by atoms with Gasteiger partial charge in [0.2, 0.25) is 15.9 Å². The maximum atomic E-state index is 12.8. The molecule has 8 heteroatoms. The molecular weight excluding hydrogens is 352 g/mol. The molecule has 2 rings (SSSR count). The molecule has 1 amide bonds. The zero-order chi connectivity index (χ0) is 19.2. The Labute approximate surface area is 155 Å². The summed E-state index contributed by atoms with van der Waals surface area (Å²) >= 11 is 0. The molecule has 0 spiro atoms. The third kappa shape index (κ3) is 4.81. The van der Waals surface area contributed by atoms with Crippen LogP contribution in [0.3, 0.4) is 0 Å². The Morgan fingerprint density at radius 2 is 1.88 bits per heavy atom. The van der Waals surface area contributed by atoms with Crippen molar-refractivity contribution in [2.45, 2.75) is 24.7 Å². The van der Waals surface area contributed by atoms with Crippen LogP contribution in [0.1, 0.15) is 25.3 Å². The van der Waals surface area contributed by atoms with E-state index in [1.54, 1.807) is 17.0 Å². The number of sulfonamides is 1. The molecule has 0 atom stereocenters. The number of carbonyl (C=O) groups is 1. The van der Waals surface area contributed by atoms with Gasteiger partial charge in [-0.05, 0) is 32.1 Å². The first-order valence-corrected chi connectivity index (χ1v) is 10.3. The Balaban J connectivity index is 1.97. The number of piperazine rings is 1. The standard InChI is InChI=1S/C18H26N4O3S/c1-3-4-9-20(2)15-18(23)21-10-12-22(13-11-21)26(24,25)17-8-6-5-7-16(17)14-19/h5-8H,3-4,9-13,15H2,1-2H3. The molecule has 0 aliphatic carbocycles. The Kier molecular flexibility index (Phi) is 7.14. The van der Waals surface area contributed by atoms with E-state index in [1.807, 2.05) is 18.0 Å². The molecule has 1 aromatic carbocycles. The van der Waals surface area contributed by atoms with Crippen LogP contribution in [0.15, 0.2) is 29.2 Å². The lowest BCUT2D eigenvalue weighted by Gasteiger charge is -2.35. The highest BCUT2D eigenvalue weighted by atomic mass is 32.2. The minimum absolute atomic E-state index is 0.0260. The molecule has 1 aromatic rings. The number of hydrogen-bond acceptors (Lipinski definition) is 5. The van der Waals surface area contributed by atoms with Crippen LogP contribution in [0.2, 0.25) is 0 Å². The van der Waals surface area contributed by atoms with E-state index < -0.39 is 10.0 Å². The van der Waals surface area contributed by atoms with Gasteiger partial charge in [-0.1, -0.05) is 25.5 Å². The van der Waals surface area contributed by atoms with Crippen molar-refractivity contribution in [1.29, 1.82) is 5.26 Å². The molecule has 142 valence electrons. The van der Waals surface area contributed by atoms with Crippen LogP contribution >= 0.6 is 0 Å². The predicted molar refractivity (Wildman–Crippen MR) is 98.9 cm³/mol. The average Bonchev–Trinajstić information content (AvgIpc) is 2.66. The number of hydrogen-bond donors (Lipinski definition) is 0. The number of amides is 1. The van der Waals surface area contributed by atoms with Gasteiger partial charge in [0.15, 0.2) is 0 Å². The zero-order valence-electron chi connectivity index (χ0n) is 15.4. The third-order valence-corrected chi connectivity index (χ3v) is 6.47. The molecular formula is C18H26N4O3S. The molecule has 1 saturated heterocycles. The van der Waals surface area contributed by atoms with Crippen molar-refractivity contribution >= 4 is 15.9 Å². The van der Waals surface area contributed by atoms with Gasteiger partial charge in [-0.25, -0.2) is 8.42 Å². The first kappa shape index (κ1) is 20.4. The van der Waals surface area contributed by atoms with Gasteiger partial charge in [-0.15, -0.1) is 0 Å². The summed E-state index contributed by atoms with van der Waals surface area (Å²) < 4.78 is 27.0. The van der Waals surface area contributed by atoms with E-state index in [0.29, 0.717) is 19.6 Å². The summed E-state index contributed by atoms with van der Waals surface area (Å²) in [6.07, 6.45) is 2.13. The highest BCUT2D eigenvalue weighted by Crippen LogP contribution is 2.21. The minimum Gasteiger partial charge on any atom is -0.339 e. The number of benzene rings is 1. The van der Waals surface area contributed by atoms with Gasteiger partial charge in [0.05, 0.1) is 17.0 Å². The molecule has 1 aliphatic heterocycles. The van der Waals surface area contributed by atoms with E-state index in [-0.39, 0.29) is 29.5 Å². The summed E-state index contributed by atoms with van der Waals surface area (Å²) in [6.45, 7) is 4.56. The van der Waals surface area contributed by atoms with Gasteiger partial charge in [0.1, 0.15) is 6.07 Å². The monoisotopic (exact) mass is 378 g/mol. The molecule has 1 heterocycles. The number of rotatable bonds is 7. The molecule has 0 saturated carbocycles. The number of nitriles is 1. The lowest BCUT2D eigenvalue weighted by molar-refractivity contribution is -0.133. The van der Waals surface area contributed by atoms with Crippen LogP contribution in [0.5, 0.6) is 0 Å². The van der Waals surface area contributed by atoms with Gasteiger partial charge in [-0.2, -0.15) is 9.57 Å². The van der Waals surface area contributed by atoms with E-state index in [0.717, 1.165) is 19.4 Å². The second kappa shape index (κ2) is 9.12. The predicted octanol–water partition coefficient (Wildman–Crippen LogP) is 1.12. The smallest absolute Gasteiger partial charge is 0.244 e. The number of unbranched alkanes of at least 4 members (excludes halogenated alkanes) is 1. The van der Waals surface area contributed by atoms with Crippen LogP contribution in [-0.4, -0.2) is 74.7 Å². The fourth-order valence-electron chi connectivity index (χ4n) is 2.94. The molecule has 0 N–H and O–H groups in total. The van der Waals surface area contributed by atoms with E-state index in [4.69, 9.17) is 5.26 Å². The normalized spacial score (nSPS) is 15.8. The molecule has 1 aliphatic rings. The summed E-state index contributed by atoms with van der Waals surface area (Å²) in [5.41, 5.74) is 0.142. The van der Waals surface area contributed by atoms with Gasteiger partial charge in [0, 0.05) is 26.2 Å². The van der Waals surface area contributed by atoms with Crippen molar-refractivity contribution in [2.75, 3.05) is 46.3 Å².